The predicted octanol–water partition coefficient (Wildman–Crippen LogP) is 3.17. The quantitative estimate of drug-likeness (QED) is 0.701. The van der Waals surface area contributed by atoms with E-state index in [1.807, 2.05) is 6.92 Å². The summed E-state index contributed by atoms with van der Waals surface area (Å²) in [5, 5.41) is 3.67. The van der Waals surface area contributed by atoms with Gasteiger partial charge in [-0.05, 0) is 51.2 Å². The van der Waals surface area contributed by atoms with Crippen LogP contribution in [0.2, 0.25) is 0 Å². The van der Waals surface area contributed by atoms with Gasteiger partial charge in [0.15, 0.2) is 5.76 Å². The van der Waals surface area contributed by atoms with E-state index < -0.39 is 10.0 Å². The lowest BCUT2D eigenvalue weighted by molar-refractivity contribution is 0.433. The number of nitrogens with zero attached hydrogens (tertiary/aromatic N) is 3. The van der Waals surface area contributed by atoms with Crippen molar-refractivity contribution in [2.75, 3.05) is 0 Å². The van der Waals surface area contributed by atoms with Gasteiger partial charge in [0.1, 0.15) is 5.82 Å². The molecule has 1 N–H and O–H groups in total. The average Bonchev–Trinajstić information content (AvgIpc) is 3.30. The largest absolute Gasteiger partial charge is 0.355 e. The van der Waals surface area contributed by atoms with Crippen molar-refractivity contribution in [2.24, 2.45) is 0 Å². The van der Waals surface area contributed by atoms with Crippen LogP contribution in [0.25, 0.3) is 10.6 Å². The fourth-order valence-corrected chi connectivity index (χ4v) is 5.88. The van der Waals surface area contributed by atoms with Gasteiger partial charge in [0, 0.05) is 22.3 Å². The molecule has 0 bridgehead atoms. The summed E-state index contributed by atoms with van der Waals surface area (Å²) in [5.41, 5.74) is 3.23. The molecule has 1 aliphatic carbocycles. The zero-order valence-electron chi connectivity index (χ0n) is 15.2. The van der Waals surface area contributed by atoms with E-state index in [4.69, 9.17) is 4.52 Å². The van der Waals surface area contributed by atoms with Crippen LogP contribution in [0.4, 0.5) is 0 Å². The van der Waals surface area contributed by atoms with Crippen LogP contribution in [0.3, 0.4) is 0 Å². The fraction of sp³-hybridized carbons (Fsp3) is 0.389. The second-order valence-corrected chi connectivity index (χ2v) is 9.58. The molecule has 0 aromatic carbocycles. The molecular weight excluding hydrogens is 384 g/mol. The van der Waals surface area contributed by atoms with E-state index in [0.29, 0.717) is 16.5 Å². The Morgan fingerprint density at radius 2 is 2.04 bits per heavy atom. The van der Waals surface area contributed by atoms with E-state index in [1.165, 1.54) is 23.1 Å². The van der Waals surface area contributed by atoms with Gasteiger partial charge in [0.2, 0.25) is 10.0 Å². The van der Waals surface area contributed by atoms with Gasteiger partial charge in [-0.2, -0.15) is 0 Å². The smallest absolute Gasteiger partial charge is 0.242 e. The molecule has 0 amide bonds. The van der Waals surface area contributed by atoms with Crippen molar-refractivity contribution in [2.45, 2.75) is 51.0 Å². The molecule has 3 aromatic rings. The van der Waals surface area contributed by atoms with Crippen LogP contribution >= 0.6 is 11.3 Å². The van der Waals surface area contributed by atoms with Gasteiger partial charge >= 0.3 is 0 Å². The summed E-state index contributed by atoms with van der Waals surface area (Å²) in [6.45, 7) is 3.82. The average molecular weight is 405 g/mol. The second kappa shape index (κ2) is 7.14. The van der Waals surface area contributed by atoms with E-state index >= 15 is 0 Å². The first-order valence-electron chi connectivity index (χ1n) is 8.80. The lowest BCUT2D eigenvalue weighted by Gasteiger charge is -2.17. The Hall–Kier alpha value is -2.10. The predicted molar refractivity (Wildman–Crippen MR) is 102 cm³/mol. The van der Waals surface area contributed by atoms with Gasteiger partial charge in [-0.3, -0.25) is 0 Å². The monoisotopic (exact) mass is 404 g/mol. The highest BCUT2D eigenvalue weighted by Gasteiger charge is 2.22. The van der Waals surface area contributed by atoms with Crippen LogP contribution in [0.1, 0.15) is 40.5 Å². The Labute approximate surface area is 161 Å². The Morgan fingerprint density at radius 3 is 2.81 bits per heavy atom. The molecular formula is C18H20N4O3S2. The molecule has 0 spiro atoms. The van der Waals surface area contributed by atoms with Gasteiger partial charge in [0.25, 0.3) is 0 Å². The number of rotatable bonds is 5. The van der Waals surface area contributed by atoms with E-state index in [1.54, 1.807) is 19.1 Å². The minimum Gasteiger partial charge on any atom is -0.355 e. The van der Waals surface area contributed by atoms with E-state index in [2.05, 4.69) is 19.8 Å². The number of hydrogen-bond donors (Lipinski definition) is 1. The third-order valence-corrected chi connectivity index (χ3v) is 7.42. The van der Waals surface area contributed by atoms with Crippen molar-refractivity contribution in [1.82, 2.24) is 19.8 Å². The number of aryl methyl sites for hydroxylation is 3. The molecule has 142 valence electrons. The molecule has 0 atom stereocenters. The molecule has 3 heterocycles. The molecule has 9 heteroatoms. The van der Waals surface area contributed by atoms with Crippen molar-refractivity contribution in [3.8, 4) is 10.6 Å². The zero-order valence-corrected chi connectivity index (χ0v) is 16.8. The standard InChI is InChI=1S/C18H20N4O3S2/c1-11-13-5-3-4-6-14(13)22-18(21-11)10-20-27(23,24)17-9-16(26-12(17)2)15-7-8-19-25-15/h7-9,20H,3-6,10H2,1-2H3. The van der Waals surface area contributed by atoms with Crippen LogP contribution in [0.5, 0.6) is 0 Å². The van der Waals surface area contributed by atoms with Crippen molar-refractivity contribution in [3.63, 3.8) is 0 Å². The number of hydrogen-bond acceptors (Lipinski definition) is 7. The van der Waals surface area contributed by atoms with Gasteiger partial charge in [-0.15, -0.1) is 11.3 Å². The molecule has 27 heavy (non-hydrogen) atoms. The number of thiophene rings is 1. The SMILES string of the molecule is Cc1nc(CNS(=O)(=O)c2cc(-c3ccno3)sc2C)nc2c1CCCC2. The maximum absolute atomic E-state index is 12.8. The maximum Gasteiger partial charge on any atom is 0.242 e. The van der Waals surface area contributed by atoms with Crippen molar-refractivity contribution >= 4 is 21.4 Å². The first-order valence-corrected chi connectivity index (χ1v) is 11.1. The molecule has 7 nitrogen and oxygen atoms in total. The van der Waals surface area contributed by atoms with Crippen LogP contribution in [-0.2, 0) is 29.4 Å². The highest BCUT2D eigenvalue weighted by Crippen LogP contribution is 2.33. The lowest BCUT2D eigenvalue weighted by Crippen LogP contribution is -2.25. The van der Waals surface area contributed by atoms with E-state index in [9.17, 15) is 8.42 Å². The third-order valence-electron chi connectivity index (χ3n) is 4.70. The highest BCUT2D eigenvalue weighted by molar-refractivity contribution is 7.89. The first-order chi connectivity index (χ1) is 12.9. The van der Waals surface area contributed by atoms with E-state index in [0.717, 1.165) is 41.9 Å². The van der Waals surface area contributed by atoms with Crippen molar-refractivity contribution < 1.29 is 12.9 Å². The molecule has 0 saturated heterocycles. The van der Waals surface area contributed by atoms with Gasteiger partial charge in [0.05, 0.1) is 22.5 Å². The Bertz CT molecular complexity index is 1070. The van der Waals surface area contributed by atoms with Crippen molar-refractivity contribution in [1.29, 1.82) is 0 Å². The molecule has 4 rings (SSSR count). The Kier molecular flexibility index (Phi) is 4.83. The summed E-state index contributed by atoms with van der Waals surface area (Å²) < 4.78 is 33.3. The van der Waals surface area contributed by atoms with Gasteiger partial charge < -0.3 is 4.52 Å². The molecule has 3 aromatic heterocycles. The minimum atomic E-state index is -3.68. The maximum atomic E-state index is 12.8. The summed E-state index contributed by atoms with van der Waals surface area (Å²) in [5.74, 6) is 1.07. The third kappa shape index (κ3) is 3.67. The highest BCUT2D eigenvalue weighted by atomic mass is 32.2. The summed E-state index contributed by atoms with van der Waals surface area (Å²) >= 11 is 1.36. The van der Waals surface area contributed by atoms with Gasteiger partial charge in [-0.1, -0.05) is 5.16 Å². The first kappa shape index (κ1) is 18.3. The second-order valence-electron chi connectivity index (χ2n) is 6.59. The molecule has 0 fully saturated rings. The summed E-state index contributed by atoms with van der Waals surface area (Å²) in [6, 6.07) is 3.32. The van der Waals surface area contributed by atoms with Crippen LogP contribution in [0.15, 0.2) is 27.7 Å². The number of sulfonamides is 1. The zero-order chi connectivity index (χ0) is 19.0. The van der Waals surface area contributed by atoms with E-state index in [-0.39, 0.29) is 11.4 Å². The number of fused-ring (bicyclic) bond motifs is 1. The Balaban J connectivity index is 1.55. The molecule has 0 unspecified atom stereocenters. The summed E-state index contributed by atoms with van der Waals surface area (Å²) in [4.78, 5) is 10.7. The minimum absolute atomic E-state index is 0.0728. The number of aromatic nitrogens is 3. The molecule has 0 radical (unpaired) electrons. The Morgan fingerprint density at radius 1 is 1.22 bits per heavy atom. The fourth-order valence-electron chi connectivity index (χ4n) is 3.36. The molecule has 0 aliphatic heterocycles. The van der Waals surface area contributed by atoms with Crippen LogP contribution in [0, 0.1) is 13.8 Å². The molecule has 0 saturated carbocycles. The van der Waals surface area contributed by atoms with Crippen LogP contribution in [-0.4, -0.2) is 23.5 Å². The molecule has 1 aliphatic rings. The van der Waals surface area contributed by atoms with Crippen LogP contribution < -0.4 is 4.72 Å². The van der Waals surface area contributed by atoms with Gasteiger partial charge in [-0.25, -0.2) is 23.1 Å². The number of nitrogens with one attached hydrogen (secondary N) is 1. The lowest BCUT2D eigenvalue weighted by atomic mass is 9.95. The normalized spacial score (nSPS) is 14.3. The summed E-state index contributed by atoms with van der Waals surface area (Å²) in [6.07, 6.45) is 5.75. The summed E-state index contributed by atoms with van der Waals surface area (Å²) in [7, 11) is -3.68. The topological polar surface area (TPSA) is 98.0 Å². The van der Waals surface area contributed by atoms with Crippen molar-refractivity contribution in [3.05, 3.63) is 46.0 Å².